The summed E-state index contributed by atoms with van der Waals surface area (Å²) < 4.78 is 5.50. The van der Waals surface area contributed by atoms with E-state index in [4.69, 9.17) is 4.74 Å². The predicted octanol–water partition coefficient (Wildman–Crippen LogP) is 2.69. The van der Waals surface area contributed by atoms with E-state index in [9.17, 15) is 15.2 Å². The molecule has 0 heterocycles. The minimum atomic E-state index is -0.961. The summed E-state index contributed by atoms with van der Waals surface area (Å²) in [4.78, 5) is 10.3. The minimum absolute atomic E-state index is 0.0247. The maximum absolute atomic E-state index is 10.8. The molecule has 1 rings (SSSR count). The third-order valence-electron chi connectivity index (χ3n) is 3.22. The molecule has 0 spiro atoms. The van der Waals surface area contributed by atoms with Crippen molar-refractivity contribution in [3.8, 4) is 5.75 Å². The van der Waals surface area contributed by atoms with E-state index in [1.807, 2.05) is 13.8 Å². The second-order valence-electron chi connectivity index (χ2n) is 4.96. The van der Waals surface area contributed by atoms with Crippen LogP contribution < -0.4 is 4.74 Å². The van der Waals surface area contributed by atoms with E-state index in [2.05, 4.69) is 0 Å². The Morgan fingerprint density at radius 2 is 2.11 bits per heavy atom. The third-order valence-corrected chi connectivity index (χ3v) is 3.22. The number of hydrogen-bond donors (Lipinski definition) is 1. The van der Waals surface area contributed by atoms with Crippen molar-refractivity contribution in [2.45, 2.75) is 33.3 Å². The Morgan fingerprint density at radius 3 is 2.61 bits per heavy atom. The molecule has 0 fully saturated rings. The van der Waals surface area contributed by atoms with Crippen LogP contribution in [0.2, 0.25) is 0 Å². The lowest BCUT2D eigenvalue weighted by molar-refractivity contribution is -0.385. The fourth-order valence-corrected chi connectivity index (χ4v) is 1.35. The van der Waals surface area contributed by atoms with Gasteiger partial charge in [0, 0.05) is 6.07 Å². The van der Waals surface area contributed by atoms with Gasteiger partial charge in [-0.1, -0.05) is 19.9 Å². The van der Waals surface area contributed by atoms with Crippen molar-refractivity contribution in [3.63, 3.8) is 0 Å². The van der Waals surface area contributed by atoms with Crippen LogP contribution in [0.25, 0.3) is 0 Å². The van der Waals surface area contributed by atoms with Crippen LogP contribution in [0.1, 0.15) is 26.3 Å². The lowest BCUT2D eigenvalue weighted by Crippen LogP contribution is -2.37. The van der Waals surface area contributed by atoms with Gasteiger partial charge in [-0.05, 0) is 25.8 Å². The Labute approximate surface area is 107 Å². The molecule has 5 heteroatoms. The van der Waals surface area contributed by atoms with Crippen LogP contribution in [0.4, 0.5) is 5.69 Å². The molecule has 5 nitrogen and oxygen atoms in total. The van der Waals surface area contributed by atoms with Crippen molar-refractivity contribution in [1.82, 2.24) is 0 Å². The number of benzene rings is 1. The Morgan fingerprint density at radius 1 is 1.50 bits per heavy atom. The molecule has 1 aromatic rings. The van der Waals surface area contributed by atoms with E-state index >= 15 is 0 Å². The highest BCUT2D eigenvalue weighted by Gasteiger charge is 2.26. The van der Waals surface area contributed by atoms with Crippen LogP contribution in [0.15, 0.2) is 18.2 Å². The van der Waals surface area contributed by atoms with Crippen LogP contribution in [0.5, 0.6) is 5.75 Å². The summed E-state index contributed by atoms with van der Waals surface area (Å²) in [6, 6.07) is 4.67. The Bertz CT molecular complexity index is 441. The van der Waals surface area contributed by atoms with Crippen molar-refractivity contribution in [1.29, 1.82) is 0 Å². The summed E-state index contributed by atoms with van der Waals surface area (Å²) in [7, 11) is 0. The minimum Gasteiger partial charge on any atom is -0.490 e. The zero-order chi connectivity index (χ0) is 13.9. The zero-order valence-electron chi connectivity index (χ0n) is 11.1. The van der Waals surface area contributed by atoms with Gasteiger partial charge < -0.3 is 9.84 Å². The number of aliphatic hydroxyl groups is 1. The molecule has 0 bridgehead atoms. The molecule has 18 heavy (non-hydrogen) atoms. The topological polar surface area (TPSA) is 72.6 Å². The van der Waals surface area contributed by atoms with Crippen molar-refractivity contribution in [2.24, 2.45) is 5.92 Å². The van der Waals surface area contributed by atoms with Crippen LogP contribution in [-0.2, 0) is 0 Å². The smallest absolute Gasteiger partial charge is 0.276 e. The summed E-state index contributed by atoms with van der Waals surface area (Å²) in [6.07, 6.45) is 0. The summed E-state index contributed by atoms with van der Waals surface area (Å²) >= 11 is 0. The van der Waals surface area contributed by atoms with Crippen molar-refractivity contribution in [3.05, 3.63) is 33.9 Å². The van der Waals surface area contributed by atoms with Gasteiger partial charge in [-0.2, -0.15) is 0 Å². The lowest BCUT2D eigenvalue weighted by atomic mass is 9.94. The van der Waals surface area contributed by atoms with Crippen LogP contribution >= 0.6 is 0 Å². The van der Waals surface area contributed by atoms with Crippen molar-refractivity contribution < 1.29 is 14.8 Å². The highest BCUT2D eigenvalue weighted by Crippen LogP contribution is 2.28. The first-order chi connectivity index (χ1) is 8.25. The van der Waals surface area contributed by atoms with Gasteiger partial charge in [-0.25, -0.2) is 0 Å². The van der Waals surface area contributed by atoms with E-state index in [1.54, 1.807) is 26.0 Å². The second-order valence-corrected chi connectivity index (χ2v) is 4.96. The molecule has 0 aromatic heterocycles. The fraction of sp³-hybridized carbons (Fsp3) is 0.538. The zero-order valence-corrected chi connectivity index (χ0v) is 11.1. The van der Waals surface area contributed by atoms with Gasteiger partial charge in [0.2, 0.25) is 0 Å². The summed E-state index contributed by atoms with van der Waals surface area (Å²) in [6.45, 7) is 7.21. The molecule has 0 amide bonds. The molecule has 0 radical (unpaired) electrons. The Kier molecular flexibility index (Phi) is 4.29. The first kappa shape index (κ1) is 14.4. The van der Waals surface area contributed by atoms with Gasteiger partial charge in [0.1, 0.15) is 12.4 Å². The van der Waals surface area contributed by atoms with Crippen LogP contribution in [0, 0.1) is 23.0 Å². The van der Waals surface area contributed by atoms with Gasteiger partial charge in [-0.3, -0.25) is 10.1 Å². The number of nitrogens with zero attached hydrogens (tertiary/aromatic N) is 1. The number of nitro groups is 1. The van der Waals surface area contributed by atoms with Gasteiger partial charge in [0.15, 0.2) is 0 Å². The first-order valence-corrected chi connectivity index (χ1v) is 5.85. The van der Waals surface area contributed by atoms with E-state index in [-0.39, 0.29) is 18.2 Å². The van der Waals surface area contributed by atoms with Gasteiger partial charge in [-0.15, -0.1) is 0 Å². The summed E-state index contributed by atoms with van der Waals surface area (Å²) in [5.41, 5.74) is -0.462. The average Bonchev–Trinajstić information content (AvgIpc) is 2.27. The van der Waals surface area contributed by atoms with Crippen LogP contribution in [0.3, 0.4) is 0 Å². The second kappa shape index (κ2) is 5.35. The van der Waals surface area contributed by atoms with Gasteiger partial charge in [0.25, 0.3) is 5.69 Å². The molecular formula is C13H19NO4. The molecule has 100 valence electrons. The molecule has 0 saturated heterocycles. The molecule has 0 aliphatic carbocycles. The molecule has 1 N–H and O–H groups in total. The van der Waals surface area contributed by atoms with E-state index in [0.717, 1.165) is 0 Å². The standard InChI is InChI=1S/C13H19NO4/c1-9(2)13(4,15)8-18-12-7-5-6-11(10(12)3)14(16)17/h5-7,9,15H,8H2,1-4H3. The average molecular weight is 253 g/mol. The molecule has 1 unspecified atom stereocenters. The molecule has 0 aliphatic heterocycles. The molecule has 1 aromatic carbocycles. The summed E-state index contributed by atoms with van der Waals surface area (Å²) in [5.74, 6) is 0.474. The molecule has 0 saturated carbocycles. The van der Waals surface area contributed by atoms with E-state index < -0.39 is 10.5 Å². The number of hydrogen-bond acceptors (Lipinski definition) is 4. The number of nitro benzene ring substituents is 1. The van der Waals surface area contributed by atoms with E-state index in [0.29, 0.717) is 11.3 Å². The third kappa shape index (κ3) is 3.20. The van der Waals surface area contributed by atoms with Gasteiger partial charge >= 0.3 is 0 Å². The SMILES string of the molecule is Cc1c(OCC(C)(O)C(C)C)cccc1[N+](=O)[O-]. The maximum atomic E-state index is 10.8. The Balaban J connectivity index is 2.87. The normalized spacial score (nSPS) is 14.3. The van der Waals surface area contributed by atoms with Gasteiger partial charge in [0.05, 0.1) is 16.1 Å². The van der Waals surface area contributed by atoms with Crippen molar-refractivity contribution in [2.75, 3.05) is 6.61 Å². The monoisotopic (exact) mass is 253 g/mol. The lowest BCUT2D eigenvalue weighted by Gasteiger charge is -2.27. The maximum Gasteiger partial charge on any atom is 0.276 e. The molecular weight excluding hydrogens is 234 g/mol. The number of rotatable bonds is 5. The van der Waals surface area contributed by atoms with E-state index in [1.165, 1.54) is 6.07 Å². The quantitative estimate of drug-likeness (QED) is 0.646. The molecule has 0 aliphatic rings. The summed E-state index contributed by atoms with van der Waals surface area (Å²) in [5, 5.41) is 20.8. The largest absolute Gasteiger partial charge is 0.490 e. The number of ether oxygens (including phenoxy) is 1. The van der Waals surface area contributed by atoms with Crippen molar-refractivity contribution >= 4 is 5.69 Å². The predicted molar refractivity (Wildman–Crippen MR) is 68.8 cm³/mol. The highest BCUT2D eigenvalue weighted by molar-refractivity contribution is 5.48. The first-order valence-electron chi connectivity index (χ1n) is 5.85. The molecule has 1 atom stereocenters. The van der Waals surface area contributed by atoms with Crippen LogP contribution in [-0.4, -0.2) is 22.2 Å². The highest BCUT2D eigenvalue weighted by atomic mass is 16.6. The fourth-order valence-electron chi connectivity index (χ4n) is 1.35. The Hall–Kier alpha value is -1.62.